The Morgan fingerprint density at radius 2 is 2.18 bits per heavy atom. The summed E-state index contributed by atoms with van der Waals surface area (Å²) in [6.45, 7) is 8.76. The van der Waals surface area contributed by atoms with E-state index < -0.39 is 0 Å². The molecule has 0 aromatic heterocycles. The van der Waals surface area contributed by atoms with Gasteiger partial charge in [0.05, 0.1) is 0 Å². The molecule has 0 aliphatic carbocycles. The van der Waals surface area contributed by atoms with E-state index in [1.54, 1.807) is 18.2 Å². The van der Waals surface area contributed by atoms with Crippen molar-refractivity contribution in [2.24, 2.45) is 4.99 Å². The maximum atomic E-state index is 13.2. The third-order valence-corrected chi connectivity index (χ3v) is 2.93. The number of benzene rings is 1. The molecular formula is C16H26FIN4. The van der Waals surface area contributed by atoms with E-state index in [1.807, 2.05) is 24.9 Å². The summed E-state index contributed by atoms with van der Waals surface area (Å²) in [4.78, 5) is 6.51. The fourth-order valence-electron chi connectivity index (χ4n) is 1.85. The minimum Gasteiger partial charge on any atom is -0.374 e. The highest BCUT2D eigenvalue weighted by Gasteiger charge is 2.01. The summed E-state index contributed by atoms with van der Waals surface area (Å²) in [5.41, 5.74) is 0.885. The second-order valence-corrected chi connectivity index (χ2v) is 4.69. The molecule has 4 nitrogen and oxygen atoms in total. The maximum absolute atomic E-state index is 13.2. The summed E-state index contributed by atoms with van der Waals surface area (Å²) in [6.07, 6.45) is 2.70. The molecule has 0 bridgehead atoms. The van der Waals surface area contributed by atoms with Crippen molar-refractivity contribution in [1.29, 1.82) is 0 Å². The standard InChI is InChI=1S/C16H25FN4.HI/c1-4-10-19-16(18-5-2)20-11-7-12-21(3)15-9-6-8-14(17)13-15;/h4,6,8-9,13H,1,5,7,10-12H2,2-3H3,(H2,18,19,20);1H. The highest BCUT2D eigenvalue weighted by molar-refractivity contribution is 14.0. The second kappa shape index (κ2) is 12.3. The molecule has 0 unspecified atom stereocenters. The molecule has 0 aliphatic rings. The molecule has 0 saturated heterocycles. The Balaban J connectivity index is 0.00000441. The van der Waals surface area contributed by atoms with Crippen molar-refractivity contribution in [3.05, 3.63) is 42.7 Å². The molecule has 0 atom stereocenters. The third-order valence-electron chi connectivity index (χ3n) is 2.93. The summed E-state index contributed by atoms with van der Waals surface area (Å²) >= 11 is 0. The smallest absolute Gasteiger partial charge is 0.191 e. The Bertz CT molecular complexity index is 465. The minimum absolute atomic E-state index is 0. The Morgan fingerprint density at radius 1 is 1.41 bits per heavy atom. The van der Waals surface area contributed by atoms with Gasteiger partial charge in [0.2, 0.25) is 0 Å². The van der Waals surface area contributed by atoms with Crippen LogP contribution in [0.25, 0.3) is 0 Å². The van der Waals surface area contributed by atoms with Crippen LogP contribution in [0, 0.1) is 5.82 Å². The van der Waals surface area contributed by atoms with Gasteiger partial charge in [0.25, 0.3) is 0 Å². The van der Waals surface area contributed by atoms with Gasteiger partial charge in [-0.15, -0.1) is 30.6 Å². The zero-order chi connectivity index (χ0) is 15.5. The van der Waals surface area contributed by atoms with Crippen molar-refractivity contribution in [1.82, 2.24) is 10.6 Å². The summed E-state index contributed by atoms with van der Waals surface area (Å²) in [5.74, 6) is 0.589. The monoisotopic (exact) mass is 420 g/mol. The SMILES string of the molecule is C=CCNC(=NCCCN(C)c1cccc(F)c1)NCC.I. The number of rotatable bonds is 8. The minimum atomic E-state index is -0.208. The Labute approximate surface area is 149 Å². The van der Waals surface area contributed by atoms with Crippen LogP contribution < -0.4 is 15.5 Å². The Hall–Kier alpha value is -1.31. The fraction of sp³-hybridized carbons (Fsp3) is 0.438. The van der Waals surface area contributed by atoms with Crippen molar-refractivity contribution < 1.29 is 4.39 Å². The number of aliphatic imine (C=N–C) groups is 1. The van der Waals surface area contributed by atoms with Crippen molar-refractivity contribution in [2.75, 3.05) is 38.1 Å². The van der Waals surface area contributed by atoms with Gasteiger partial charge in [-0.25, -0.2) is 4.39 Å². The zero-order valence-electron chi connectivity index (χ0n) is 13.3. The summed E-state index contributed by atoms with van der Waals surface area (Å²) in [6, 6.07) is 6.62. The number of nitrogens with one attached hydrogen (secondary N) is 2. The molecule has 124 valence electrons. The van der Waals surface area contributed by atoms with Crippen LogP contribution in [0.1, 0.15) is 13.3 Å². The normalized spacial score (nSPS) is 10.6. The molecule has 0 radical (unpaired) electrons. The van der Waals surface area contributed by atoms with Crippen molar-refractivity contribution >= 4 is 35.6 Å². The molecule has 0 spiro atoms. The van der Waals surface area contributed by atoms with E-state index in [0.29, 0.717) is 13.1 Å². The van der Waals surface area contributed by atoms with E-state index in [-0.39, 0.29) is 29.8 Å². The van der Waals surface area contributed by atoms with Gasteiger partial charge in [-0.3, -0.25) is 4.99 Å². The van der Waals surface area contributed by atoms with Crippen LogP contribution in [0.5, 0.6) is 0 Å². The van der Waals surface area contributed by atoms with E-state index in [1.165, 1.54) is 6.07 Å². The van der Waals surface area contributed by atoms with Crippen molar-refractivity contribution in [3.63, 3.8) is 0 Å². The first-order valence-electron chi connectivity index (χ1n) is 7.27. The van der Waals surface area contributed by atoms with E-state index in [4.69, 9.17) is 0 Å². The first-order valence-corrected chi connectivity index (χ1v) is 7.27. The molecule has 22 heavy (non-hydrogen) atoms. The zero-order valence-corrected chi connectivity index (χ0v) is 15.6. The van der Waals surface area contributed by atoms with Gasteiger partial charge in [-0.1, -0.05) is 12.1 Å². The predicted octanol–water partition coefficient (Wildman–Crippen LogP) is 3.01. The summed E-state index contributed by atoms with van der Waals surface area (Å²) in [5, 5.41) is 6.33. The molecule has 1 aromatic carbocycles. The molecular weight excluding hydrogens is 394 g/mol. The lowest BCUT2D eigenvalue weighted by atomic mass is 10.2. The molecule has 0 saturated carbocycles. The van der Waals surface area contributed by atoms with Crippen LogP contribution in [-0.2, 0) is 0 Å². The number of nitrogens with zero attached hydrogens (tertiary/aromatic N) is 2. The van der Waals surface area contributed by atoms with Crippen molar-refractivity contribution in [2.45, 2.75) is 13.3 Å². The second-order valence-electron chi connectivity index (χ2n) is 4.69. The number of hydrogen-bond acceptors (Lipinski definition) is 2. The number of anilines is 1. The Morgan fingerprint density at radius 3 is 2.82 bits per heavy atom. The average molecular weight is 420 g/mol. The number of guanidine groups is 1. The van der Waals surface area contributed by atoms with Gasteiger partial charge in [-0.05, 0) is 31.5 Å². The molecule has 1 rings (SSSR count). The first kappa shape index (κ1) is 20.7. The molecule has 1 aromatic rings. The molecule has 2 N–H and O–H groups in total. The molecule has 0 fully saturated rings. The van der Waals surface area contributed by atoms with Crippen LogP contribution in [0.4, 0.5) is 10.1 Å². The third kappa shape index (κ3) is 8.21. The van der Waals surface area contributed by atoms with Gasteiger partial charge in [0, 0.05) is 38.9 Å². The number of halogens is 2. The predicted molar refractivity (Wildman–Crippen MR) is 104 cm³/mol. The first-order chi connectivity index (χ1) is 10.2. The number of hydrogen-bond donors (Lipinski definition) is 2. The van der Waals surface area contributed by atoms with Crippen LogP contribution in [0.3, 0.4) is 0 Å². The lowest BCUT2D eigenvalue weighted by molar-refractivity contribution is 0.627. The van der Waals surface area contributed by atoms with Gasteiger partial charge < -0.3 is 15.5 Å². The fourth-order valence-corrected chi connectivity index (χ4v) is 1.85. The van der Waals surface area contributed by atoms with Crippen LogP contribution in [0.15, 0.2) is 41.9 Å². The van der Waals surface area contributed by atoms with Gasteiger partial charge in [0.1, 0.15) is 5.82 Å². The van der Waals surface area contributed by atoms with Gasteiger partial charge in [0.15, 0.2) is 5.96 Å². The maximum Gasteiger partial charge on any atom is 0.191 e. The van der Waals surface area contributed by atoms with E-state index in [9.17, 15) is 4.39 Å². The highest BCUT2D eigenvalue weighted by Crippen LogP contribution is 2.13. The van der Waals surface area contributed by atoms with Gasteiger partial charge in [-0.2, -0.15) is 0 Å². The van der Waals surface area contributed by atoms with Crippen LogP contribution >= 0.6 is 24.0 Å². The quantitative estimate of drug-likeness (QED) is 0.223. The lowest BCUT2D eigenvalue weighted by Crippen LogP contribution is -2.37. The highest BCUT2D eigenvalue weighted by atomic mass is 127. The van der Waals surface area contributed by atoms with E-state index in [0.717, 1.165) is 31.2 Å². The largest absolute Gasteiger partial charge is 0.374 e. The Kier molecular flexibility index (Phi) is 11.5. The molecule has 0 heterocycles. The molecule has 0 aliphatic heterocycles. The van der Waals surface area contributed by atoms with Gasteiger partial charge >= 0.3 is 0 Å². The van der Waals surface area contributed by atoms with Crippen LogP contribution in [-0.4, -0.2) is 39.2 Å². The average Bonchev–Trinajstić information content (AvgIpc) is 2.48. The summed E-state index contributed by atoms with van der Waals surface area (Å²) < 4.78 is 13.2. The lowest BCUT2D eigenvalue weighted by Gasteiger charge is -2.18. The molecule has 0 amide bonds. The van der Waals surface area contributed by atoms with Crippen molar-refractivity contribution in [3.8, 4) is 0 Å². The van der Waals surface area contributed by atoms with E-state index in [2.05, 4.69) is 22.2 Å². The van der Waals surface area contributed by atoms with Crippen LogP contribution in [0.2, 0.25) is 0 Å². The molecule has 6 heteroatoms. The van der Waals surface area contributed by atoms with E-state index >= 15 is 0 Å². The topological polar surface area (TPSA) is 39.7 Å². The summed E-state index contributed by atoms with van der Waals surface area (Å²) in [7, 11) is 1.96.